The number of rotatable bonds is 2. The second-order valence-electron chi connectivity index (χ2n) is 4.25. The minimum Gasteiger partial charge on any atom is -0.348 e. The first-order chi connectivity index (χ1) is 7.06. The lowest BCUT2D eigenvalue weighted by molar-refractivity contribution is 0.0914. The maximum absolute atomic E-state index is 11.8. The Hall–Kier alpha value is -0.870. The predicted molar refractivity (Wildman–Crippen MR) is 62.3 cm³/mol. The summed E-state index contributed by atoms with van der Waals surface area (Å²) in [7, 11) is 0. The van der Waals surface area contributed by atoms with Crippen molar-refractivity contribution >= 4 is 17.2 Å². The molecule has 1 heterocycles. The third-order valence-electron chi connectivity index (χ3n) is 2.90. The van der Waals surface area contributed by atoms with E-state index < -0.39 is 0 Å². The van der Waals surface area contributed by atoms with Crippen molar-refractivity contribution in [3.8, 4) is 0 Å². The van der Waals surface area contributed by atoms with Gasteiger partial charge in [0.25, 0.3) is 5.91 Å². The number of aryl methyl sites for hydroxylation is 2. The normalized spacial score (nSPS) is 24.7. The lowest BCUT2D eigenvalue weighted by Crippen LogP contribution is -2.50. The number of hydrogen-bond donors (Lipinski definition) is 2. The Morgan fingerprint density at radius 1 is 1.53 bits per heavy atom. The Morgan fingerprint density at radius 2 is 2.20 bits per heavy atom. The van der Waals surface area contributed by atoms with Crippen molar-refractivity contribution < 1.29 is 4.79 Å². The number of nitrogens with two attached hydrogens (primary N) is 1. The van der Waals surface area contributed by atoms with Crippen LogP contribution in [0.5, 0.6) is 0 Å². The standard InChI is InChI=1S/C11H16N2OS/c1-6-3-10(15-7(6)2)11(14)13-9-4-8(12)5-9/h3,8-9H,4-5,12H2,1-2H3,(H,13,14). The van der Waals surface area contributed by atoms with Crippen molar-refractivity contribution in [2.45, 2.75) is 38.8 Å². The van der Waals surface area contributed by atoms with E-state index in [9.17, 15) is 4.79 Å². The molecule has 1 aliphatic carbocycles. The van der Waals surface area contributed by atoms with E-state index in [-0.39, 0.29) is 18.0 Å². The topological polar surface area (TPSA) is 55.1 Å². The average Bonchev–Trinajstić information content (AvgIpc) is 2.44. The van der Waals surface area contributed by atoms with E-state index in [0.29, 0.717) is 0 Å². The highest BCUT2D eigenvalue weighted by Crippen LogP contribution is 2.22. The molecule has 0 unspecified atom stereocenters. The smallest absolute Gasteiger partial charge is 0.261 e. The molecule has 82 valence electrons. The second kappa shape index (κ2) is 3.94. The number of carbonyl (C=O) groups is 1. The van der Waals surface area contributed by atoms with E-state index in [0.717, 1.165) is 17.7 Å². The van der Waals surface area contributed by atoms with Gasteiger partial charge in [-0.3, -0.25) is 4.79 Å². The number of carbonyl (C=O) groups excluding carboxylic acids is 1. The maximum atomic E-state index is 11.8. The fourth-order valence-electron chi connectivity index (χ4n) is 1.72. The molecule has 0 aromatic carbocycles. The zero-order chi connectivity index (χ0) is 11.0. The van der Waals surface area contributed by atoms with Gasteiger partial charge in [-0.05, 0) is 38.3 Å². The second-order valence-corrected chi connectivity index (χ2v) is 5.51. The summed E-state index contributed by atoms with van der Waals surface area (Å²) in [5.41, 5.74) is 6.85. The van der Waals surface area contributed by atoms with Crippen LogP contribution in [0.25, 0.3) is 0 Å². The molecule has 0 spiro atoms. The zero-order valence-electron chi connectivity index (χ0n) is 9.04. The van der Waals surface area contributed by atoms with Gasteiger partial charge in [-0.25, -0.2) is 0 Å². The van der Waals surface area contributed by atoms with E-state index in [1.54, 1.807) is 11.3 Å². The first kappa shape index (κ1) is 10.6. The van der Waals surface area contributed by atoms with Crippen LogP contribution in [-0.2, 0) is 0 Å². The van der Waals surface area contributed by atoms with Gasteiger partial charge < -0.3 is 11.1 Å². The highest BCUT2D eigenvalue weighted by atomic mass is 32.1. The van der Waals surface area contributed by atoms with Crippen molar-refractivity contribution in [3.05, 3.63) is 21.4 Å². The molecule has 1 saturated carbocycles. The van der Waals surface area contributed by atoms with Crippen molar-refractivity contribution in [1.29, 1.82) is 0 Å². The Labute approximate surface area is 93.7 Å². The fraction of sp³-hybridized carbons (Fsp3) is 0.545. The third-order valence-corrected chi connectivity index (χ3v) is 4.05. The van der Waals surface area contributed by atoms with Crippen LogP contribution in [0.1, 0.15) is 33.0 Å². The van der Waals surface area contributed by atoms with Gasteiger partial charge in [0.2, 0.25) is 0 Å². The summed E-state index contributed by atoms with van der Waals surface area (Å²) >= 11 is 1.56. The summed E-state index contributed by atoms with van der Waals surface area (Å²) in [6, 6.07) is 2.52. The molecular formula is C11H16N2OS. The Bertz CT molecular complexity index is 360. The lowest BCUT2D eigenvalue weighted by Gasteiger charge is -2.32. The van der Waals surface area contributed by atoms with Crippen molar-refractivity contribution in [3.63, 3.8) is 0 Å². The number of thiophene rings is 1. The molecular weight excluding hydrogens is 208 g/mol. The van der Waals surface area contributed by atoms with E-state index in [1.165, 1.54) is 10.4 Å². The Balaban J connectivity index is 1.96. The van der Waals surface area contributed by atoms with Crippen LogP contribution in [0.2, 0.25) is 0 Å². The minimum atomic E-state index is 0.0492. The summed E-state index contributed by atoms with van der Waals surface area (Å²) in [6.07, 6.45) is 1.82. The molecule has 0 aliphatic heterocycles. The van der Waals surface area contributed by atoms with Crippen molar-refractivity contribution in [2.24, 2.45) is 5.73 Å². The highest BCUT2D eigenvalue weighted by molar-refractivity contribution is 7.14. The number of nitrogens with one attached hydrogen (secondary N) is 1. The van der Waals surface area contributed by atoms with E-state index in [4.69, 9.17) is 5.73 Å². The van der Waals surface area contributed by atoms with Crippen LogP contribution in [0.3, 0.4) is 0 Å². The molecule has 1 fully saturated rings. The van der Waals surface area contributed by atoms with Crippen LogP contribution in [0.15, 0.2) is 6.07 Å². The SMILES string of the molecule is Cc1cc(C(=O)NC2CC(N)C2)sc1C. The predicted octanol–water partition coefficient (Wildman–Crippen LogP) is 1.58. The molecule has 1 aromatic heterocycles. The third kappa shape index (κ3) is 2.21. The van der Waals surface area contributed by atoms with E-state index in [1.807, 2.05) is 19.9 Å². The number of amides is 1. The molecule has 15 heavy (non-hydrogen) atoms. The van der Waals surface area contributed by atoms with Gasteiger partial charge in [0.15, 0.2) is 0 Å². The van der Waals surface area contributed by atoms with Gasteiger partial charge in [-0.1, -0.05) is 0 Å². The molecule has 1 aliphatic rings. The molecule has 0 atom stereocenters. The zero-order valence-corrected chi connectivity index (χ0v) is 9.86. The maximum Gasteiger partial charge on any atom is 0.261 e. The van der Waals surface area contributed by atoms with Crippen LogP contribution < -0.4 is 11.1 Å². The van der Waals surface area contributed by atoms with Crippen LogP contribution in [0, 0.1) is 13.8 Å². The van der Waals surface area contributed by atoms with Crippen LogP contribution in [0.4, 0.5) is 0 Å². The Kier molecular flexibility index (Phi) is 2.80. The lowest BCUT2D eigenvalue weighted by atomic mass is 9.87. The monoisotopic (exact) mass is 224 g/mol. The molecule has 0 bridgehead atoms. The van der Waals surface area contributed by atoms with Crippen LogP contribution >= 0.6 is 11.3 Å². The van der Waals surface area contributed by atoms with E-state index in [2.05, 4.69) is 5.32 Å². The molecule has 4 heteroatoms. The summed E-state index contributed by atoms with van der Waals surface area (Å²) in [5.74, 6) is 0.0492. The largest absolute Gasteiger partial charge is 0.348 e. The molecule has 3 N–H and O–H groups in total. The molecule has 1 aromatic rings. The van der Waals surface area contributed by atoms with E-state index >= 15 is 0 Å². The summed E-state index contributed by atoms with van der Waals surface area (Å²) in [5, 5.41) is 3.00. The van der Waals surface area contributed by atoms with Gasteiger partial charge >= 0.3 is 0 Å². The van der Waals surface area contributed by atoms with Gasteiger partial charge in [0, 0.05) is 17.0 Å². The Morgan fingerprint density at radius 3 is 2.67 bits per heavy atom. The molecule has 0 saturated heterocycles. The summed E-state index contributed by atoms with van der Waals surface area (Å²) < 4.78 is 0. The molecule has 2 rings (SSSR count). The summed E-state index contributed by atoms with van der Waals surface area (Å²) in [4.78, 5) is 13.8. The van der Waals surface area contributed by atoms with Crippen LogP contribution in [-0.4, -0.2) is 18.0 Å². The average molecular weight is 224 g/mol. The van der Waals surface area contributed by atoms with Gasteiger partial charge in [0.05, 0.1) is 4.88 Å². The fourth-order valence-corrected chi connectivity index (χ4v) is 2.66. The van der Waals surface area contributed by atoms with Gasteiger partial charge in [0.1, 0.15) is 0 Å². The molecule has 3 nitrogen and oxygen atoms in total. The van der Waals surface area contributed by atoms with Crippen molar-refractivity contribution in [2.75, 3.05) is 0 Å². The molecule has 0 radical (unpaired) electrons. The highest BCUT2D eigenvalue weighted by Gasteiger charge is 2.27. The quantitative estimate of drug-likeness (QED) is 0.801. The van der Waals surface area contributed by atoms with Gasteiger partial charge in [-0.2, -0.15) is 0 Å². The molecule has 1 amide bonds. The van der Waals surface area contributed by atoms with Gasteiger partial charge in [-0.15, -0.1) is 11.3 Å². The minimum absolute atomic E-state index is 0.0492. The first-order valence-electron chi connectivity index (χ1n) is 5.19. The summed E-state index contributed by atoms with van der Waals surface area (Å²) in [6.45, 7) is 4.07. The first-order valence-corrected chi connectivity index (χ1v) is 6.01. The number of hydrogen-bond acceptors (Lipinski definition) is 3. The van der Waals surface area contributed by atoms with Crippen molar-refractivity contribution in [1.82, 2.24) is 5.32 Å².